The maximum absolute atomic E-state index is 13.4. The molecule has 4 aliphatic carbocycles. The number of carbonyl (C=O) groups excluding carboxylic acids is 2. The minimum absolute atomic E-state index is 0.00301. The molecule has 6 unspecified atom stereocenters. The van der Waals surface area contributed by atoms with E-state index in [9.17, 15) is 19.8 Å². The fraction of sp³-hybridized carbons (Fsp3) is 0.593. The maximum atomic E-state index is 13.4. The number of fused-ring (bicyclic) bond motifs is 5. The van der Waals surface area contributed by atoms with E-state index in [1.165, 1.54) is 11.8 Å². The predicted molar refractivity (Wildman–Crippen MR) is 128 cm³/mol. The van der Waals surface area contributed by atoms with Crippen molar-refractivity contribution in [3.8, 4) is 0 Å². The summed E-state index contributed by atoms with van der Waals surface area (Å²) in [4.78, 5) is 29.9. The van der Waals surface area contributed by atoms with Crippen LogP contribution in [0.3, 0.4) is 0 Å². The van der Waals surface area contributed by atoms with Gasteiger partial charge in [-0.25, -0.2) is 4.98 Å². The van der Waals surface area contributed by atoms with Crippen LogP contribution in [-0.2, 0) is 9.59 Å². The SMILES string of the molecule is Cc1cccc(SCC(=O)[C@@]2(O)CCC3C4CCC5=CC(=O)C=CC5(C)C4C(O)CC32C)n1. The van der Waals surface area contributed by atoms with Gasteiger partial charge >= 0.3 is 0 Å². The monoisotopic (exact) mass is 467 g/mol. The molecule has 0 spiro atoms. The third-order valence-electron chi connectivity index (χ3n) is 9.32. The molecule has 6 heteroatoms. The number of allylic oxidation sites excluding steroid dienone is 4. The van der Waals surface area contributed by atoms with Crippen LogP contribution in [0.15, 0.2) is 47.0 Å². The smallest absolute Gasteiger partial charge is 0.178 e. The summed E-state index contributed by atoms with van der Waals surface area (Å²) in [5.74, 6) is 0.436. The van der Waals surface area contributed by atoms with Crippen LogP contribution in [0.5, 0.6) is 0 Å². The summed E-state index contributed by atoms with van der Waals surface area (Å²) in [6, 6.07) is 5.73. The van der Waals surface area contributed by atoms with E-state index in [-0.39, 0.29) is 40.5 Å². The van der Waals surface area contributed by atoms with Crippen LogP contribution >= 0.6 is 11.8 Å². The van der Waals surface area contributed by atoms with E-state index in [0.29, 0.717) is 12.8 Å². The van der Waals surface area contributed by atoms with Gasteiger partial charge in [-0.1, -0.05) is 43.3 Å². The van der Waals surface area contributed by atoms with Crippen molar-refractivity contribution in [1.82, 2.24) is 4.98 Å². The molecular formula is C27H33NO4S. The summed E-state index contributed by atoms with van der Waals surface area (Å²) in [6.45, 7) is 6.08. The van der Waals surface area contributed by atoms with Crippen molar-refractivity contribution in [2.24, 2.45) is 28.6 Å². The zero-order valence-electron chi connectivity index (χ0n) is 19.6. The number of thioether (sulfide) groups is 1. The molecule has 2 N–H and O–H groups in total. The lowest BCUT2D eigenvalue weighted by atomic mass is 9.46. The molecule has 1 aromatic heterocycles. The molecule has 5 rings (SSSR count). The molecule has 0 aromatic carbocycles. The Morgan fingerprint density at radius 2 is 2.06 bits per heavy atom. The first-order valence-corrected chi connectivity index (χ1v) is 13.0. The van der Waals surface area contributed by atoms with Crippen LogP contribution in [0.1, 0.15) is 51.6 Å². The Morgan fingerprint density at radius 1 is 1.27 bits per heavy atom. The normalized spacial score (nSPS) is 41.7. The Balaban J connectivity index is 1.40. The van der Waals surface area contributed by atoms with Crippen molar-refractivity contribution in [3.63, 3.8) is 0 Å². The lowest BCUT2D eigenvalue weighted by Crippen LogP contribution is -2.61. The van der Waals surface area contributed by atoms with Gasteiger partial charge in [0.2, 0.25) is 0 Å². The topological polar surface area (TPSA) is 87.5 Å². The third kappa shape index (κ3) is 3.40. The van der Waals surface area contributed by atoms with Gasteiger partial charge in [-0.05, 0) is 75.1 Å². The number of aromatic nitrogens is 1. The second-order valence-electron chi connectivity index (χ2n) is 10.9. The lowest BCUT2D eigenvalue weighted by Gasteiger charge is -2.59. The standard InChI is InChI=1S/C27H33NO4S/c1-16-5-4-6-23(28-16)33-15-22(31)27(32)12-10-20-19-8-7-17-13-18(29)9-11-25(17,2)24(19)21(30)14-26(20,27)3/h4-6,9,11,13,19-21,24,30,32H,7-8,10,12,14-15H2,1-3H3/t19?,20?,21?,24?,25?,26?,27-/m0/s1. The molecule has 5 nitrogen and oxygen atoms in total. The van der Waals surface area contributed by atoms with Gasteiger partial charge in [-0.2, -0.15) is 0 Å². The van der Waals surface area contributed by atoms with Crippen LogP contribution < -0.4 is 0 Å². The molecule has 4 aliphatic rings. The molecule has 0 radical (unpaired) electrons. The number of carbonyl (C=O) groups is 2. The van der Waals surface area contributed by atoms with E-state index >= 15 is 0 Å². The number of ketones is 2. The van der Waals surface area contributed by atoms with Crippen molar-refractivity contribution in [1.29, 1.82) is 0 Å². The van der Waals surface area contributed by atoms with E-state index in [1.54, 1.807) is 12.2 Å². The Kier molecular flexibility index (Phi) is 5.50. The van der Waals surface area contributed by atoms with Crippen LogP contribution in [0.2, 0.25) is 0 Å². The molecule has 0 amide bonds. The van der Waals surface area contributed by atoms with Gasteiger partial charge < -0.3 is 10.2 Å². The van der Waals surface area contributed by atoms with Gasteiger partial charge in [-0.15, -0.1) is 0 Å². The maximum Gasteiger partial charge on any atom is 0.178 e. The molecule has 0 saturated heterocycles. The van der Waals surface area contributed by atoms with Gasteiger partial charge in [0.15, 0.2) is 11.6 Å². The van der Waals surface area contributed by atoms with Crippen molar-refractivity contribution in [2.75, 3.05) is 5.75 Å². The first-order valence-electron chi connectivity index (χ1n) is 12.0. The van der Waals surface area contributed by atoms with E-state index in [1.807, 2.05) is 38.1 Å². The molecule has 3 fully saturated rings. The molecule has 7 atom stereocenters. The summed E-state index contributed by atoms with van der Waals surface area (Å²) in [5, 5.41) is 24.1. The van der Waals surface area contributed by atoms with Crippen LogP contribution in [-0.4, -0.2) is 44.2 Å². The van der Waals surface area contributed by atoms with E-state index < -0.39 is 17.1 Å². The number of nitrogens with zero attached hydrogens (tertiary/aromatic N) is 1. The van der Waals surface area contributed by atoms with Crippen molar-refractivity contribution >= 4 is 23.3 Å². The van der Waals surface area contributed by atoms with Crippen molar-refractivity contribution in [2.45, 2.75) is 69.6 Å². The second kappa shape index (κ2) is 7.89. The molecule has 33 heavy (non-hydrogen) atoms. The summed E-state index contributed by atoms with van der Waals surface area (Å²) < 4.78 is 0. The fourth-order valence-electron chi connectivity index (χ4n) is 7.65. The number of rotatable bonds is 4. The highest BCUT2D eigenvalue weighted by molar-refractivity contribution is 7.99. The number of Topliss-reactive ketones (excluding diaryl/α,β-unsaturated/α-hetero) is 1. The number of hydrogen-bond donors (Lipinski definition) is 2. The zero-order chi connectivity index (χ0) is 23.6. The Morgan fingerprint density at radius 3 is 2.82 bits per heavy atom. The van der Waals surface area contributed by atoms with Crippen molar-refractivity contribution in [3.05, 3.63) is 47.7 Å². The van der Waals surface area contributed by atoms with Gasteiger partial charge in [0, 0.05) is 22.4 Å². The molecular weight excluding hydrogens is 434 g/mol. The number of aliphatic hydroxyl groups excluding tert-OH is 1. The Hall–Kier alpha value is -1.76. The first kappa shape index (κ1) is 23.0. The molecule has 0 bridgehead atoms. The van der Waals surface area contributed by atoms with E-state index in [0.717, 1.165) is 35.6 Å². The van der Waals surface area contributed by atoms with Gasteiger partial charge in [0.25, 0.3) is 0 Å². The average molecular weight is 468 g/mol. The summed E-state index contributed by atoms with van der Waals surface area (Å²) in [5.41, 5.74) is -0.412. The number of aliphatic hydroxyl groups is 2. The largest absolute Gasteiger partial charge is 0.393 e. The predicted octanol–water partition coefficient (Wildman–Crippen LogP) is 4.06. The van der Waals surface area contributed by atoms with E-state index in [4.69, 9.17) is 0 Å². The minimum atomic E-state index is -1.43. The quantitative estimate of drug-likeness (QED) is 0.650. The first-order chi connectivity index (χ1) is 15.6. The number of pyridine rings is 1. The molecule has 0 aliphatic heterocycles. The summed E-state index contributed by atoms with van der Waals surface area (Å²) in [7, 11) is 0. The van der Waals surface area contributed by atoms with Gasteiger partial charge in [0.05, 0.1) is 16.9 Å². The molecule has 1 heterocycles. The van der Waals surface area contributed by atoms with Gasteiger partial charge in [-0.3, -0.25) is 9.59 Å². The van der Waals surface area contributed by atoms with Crippen LogP contribution in [0.25, 0.3) is 0 Å². The van der Waals surface area contributed by atoms with E-state index in [2.05, 4.69) is 11.9 Å². The second-order valence-corrected chi connectivity index (χ2v) is 11.9. The molecule has 3 saturated carbocycles. The number of aryl methyl sites for hydroxylation is 1. The highest BCUT2D eigenvalue weighted by Crippen LogP contribution is 2.67. The highest BCUT2D eigenvalue weighted by Gasteiger charge is 2.67. The highest BCUT2D eigenvalue weighted by atomic mass is 32.2. The van der Waals surface area contributed by atoms with Crippen molar-refractivity contribution < 1.29 is 19.8 Å². The third-order valence-corrected chi connectivity index (χ3v) is 10.3. The van der Waals surface area contributed by atoms with Crippen LogP contribution in [0.4, 0.5) is 0 Å². The Bertz CT molecular complexity index is 1070. The number of hydrogen-bond acceptors (Lipinski definition) is 6. The fourth-order valence-corrected chi connectivity index (χ4v) is 8.55. The molecule has 176 valence electrons. The van der Waals surface area contributed by atoms with Crippen LogP contribution in [0, 0.1) is 35.5 Å². The van der Waals surface area contributed by atoms with Gasteiger partial charge in [0.1, 0.15) is 5.60 Å². The summed E-state index contributed by atoms with van der Waals surface area (Å²) in [6.07, 6.45) is 8.09. The summed E-state index contributed by atoms with van der Waals surface area (Å²) >= 11 is 1.37. The zero-order valence-corrected chi connectivity index (χ0v) is 20.4. The average Bonchev–Trinajstić information content (AvgIpc) is 3.03. The lowest BCUT2D eigenvalue weighted by molar-refractivity contribution is -0.174. The Labute approximate surface area is 199 Å². The molecule has 1 aromatic rings. The minimum Gasteiger partial charge on any atom is -0.393 e.